The largest absolute Gasteiger partial charge is 0.496 e. The number of pyridine rings is 1. The summed E-state index contributed by atoms with van der Waals surface area (Å²) in [7, 11) is 6.09. The Balaban J connectivity index is 1.71. The van der Waals surface area contributed by atoms with Crippen molar-refractivity contribution < 1.29 is 23.7 Å². The van der Waals surface area contributed by atoms with Crippen molar-refractivity contribution >= 4 is 5.91 Å². The molecular weight excluding hydrogens is 416 g/mol. The Morgan fingerprint density at radius 2 is 1.69 bits per heavy atom. The highest BCUT2D eigenvalue weighted by molar-refractivity contribution is 5.93. The molecule has 0 fully saturated rings. The lowest BCUT2D eigenvalue weighted by Crippen LogP contribution is -2.31. The van der Waals surface area contributed by atoms with Crippen LogP contribution >= 0.6 is 0 Å². The van der Waals surface area contributed by atoms with E-state index < -0.39 is 0 Å². The first kappa shape index (κ1) is 22.7. The predicted octanol–water partition coefficient (Wildman–Crippen LogP) is 2.01. The number of rotatable bonds is 9. The number of aromatic amines is 1. The summed E-state index contributed by atoms with van der Waals surface area (Å²) >= 11 is 0. The van der Waals surface area contributed by atoms with Gasteiger partial charge < -0.3 is 28.8 Å². The first-order valence-electron chi connectivity index (χ1n) is 9.81. The van der Waals surface area contributed by atoms with Gasteiger partial charge >= 0.3 is 0 Å². The molecule has 3 aromatic rings. The van der Waals surface area contributed by atoms with Gasteiger partial charge in [-0.3, -0.25) is 14.7 Å². The molecule has 0 saturated carbocycles. The Bertz CT molecular complexity index is 1140. The van der Waals surface area contributed by atoms with Gasteiger partial charge in [-0.15, -0.1) is 0 Å². The summed E-state index contributed by atoms with van der Waals surface area (Å²) in [4.78, 5) is 24.7. The van der Waals surface area contributed by atoms with Crippen LogP contribution in [0.3, 0.4) is 0 Å². The second-order valence-electron chi connectivity index (χ2n) is 6.86. The highest BCUT2D eigenvalue weighted by atomic mass is 16.5. The molecule has 0 aliphatic carbocycles. The third kappa shape index (κ3) is 4.69. The molecule has 0 aliphatic heterocycles. The van der Waals surface area contributed by atoms with Crippen LogP contribution in [0.1, 0.15) is 16.2 Å². The second kappa shape index (κ2) is 9.90. The maximum Gasteiger partial charge on any atom is 0.269 e. The molecule has 3 rings (SSSR count). The Labute approximate surface area is 185 Å². The van der Waals surface area contributed by atoms with Crippen molar-refractivity contribution in [3.63, 3.8) is 0 Å². The van der Waals surface area contributed by atoms with E-state index >= 15 is 0 Å². The number of amides is 1. The molecule has 1 aromatic carbocycles. The monoisotopic (exact) mass is 442 g/mol. The molecule has 0 aliphatic rings. The van der Waals surface area contributed by atoms with E-state index in [4.69, 9.17) is 18.9 Å². The van der Waals surface area contributed by atoms with Crippen molar-refractivity contribution in [2.45, 2.75) is 13.5 Å². The van der Waals surface area contributed by atoms with Crippen molar-refractivity contribution in [1.29, 1.82) is 0 Å². The molecule has 0 atom stereocenters. The predicted molar refractivity (Wildman–Crippen MR) is 118 cm³/mol. The van der Waals surface area contributed by atoms with Crippen LogP contribution in [0, 0.1) is 6.92 Å². The number of hydrogen-bond acceptors (Lipinski definition) is 7. The molecule has 10 nitrogen and oxygen atoms in total. The zero-order valence-electron chi connectivity index (χ0n) is 18.6. The molecule has 170 valence electrons. The Morgan fingerprint density at radius 3 is 2.25 bits per heavy atom. The van der Waals surface area contributed by atoms with Gasteiger partial charge in [0.15, 0.2) is 11.5 Å². The summed E-state index contributed by atoms with van der Waals surface area (Å²) < 4.78 is 22.7. The Morgan fingerprint density at radius 1 is 1.00 bits per heavy atom. The second-order valence-corrected chi connectivity index (χ2v) is 6.86. The SMILES string of the molecule is COc1cc(C)n(CCNC(=O)c2cc(-c3cc(OC)c(OC)c(OC)c3)n[nH]2)c(=O)c1. The number of ether oxygens (including phenoxy) is 4. The minimum absolute atomic E-state index is 0.192. The smallest absolute Gasteiger partial charge is 0.269 e. The van der Waals surface area contributed by atoms with Crippen LogP contribution in [0.2, 0.25) is 0 Å². The number of carbonyl (C=O) groups is 1. The Kier molecular flexibility index (Phi) is 7.04. The van der Waals surface area contributed by atoms with Crippen LogP contribution in [0.15, 0.2) is 35.1 Å². The van der Waals surface area contributed by atoms with E-state index in [0.717, 1.165) is 5.69 Å². The number of hydrogen-bond donors (Lipinski definition) is 2. The van der Waals surface area contributed by atoms with Gasteiger partial charge in [0.1, 0.15) is 11.4 Å². The lowest BCUT2D eigenvalue weighted by atomic mass is 10.1. The zero-order chi connectivity index (χ0) is 23.3. The number of H-pyrrole nitrogens is 1. The number of nitrogens with zero attached hydrogens (tertiary/aromatic N) is 2. The third-order valence-electron chi connectivity index (χ3n) is 4.95. The minimum Gasteiger partial charge on any atom is -0.496 e. The van der Waals surface area contributed by atoms with Crippen molar-refractivity contribution in [3.05, 3.63) is 52.1 Å². The molecule has 0 unspecified atom stereocenters. The number of carbonyl (C=O) groups excluding carboxylic acids is 1. The summed E-state index contributed by atoms with van der Waals surface area (Å²) in [5.41, 5.74) is 2.07. The van der Waals surface area contributed by atoms with E-state index in [0.29, 0.717) is 40.8 Å². The molecule has 32 heavy (non-hydrogen) atoms. The van der Waals surface area contributed by atoms with Crippen LogP contribution in [-0.4, -0.2) is 55.7 Å². The van der Waals surface area contributed by atoms with Crippen molar-refractivity contribution in [3.8, 4) is 34.3 Å². The van der Waals surface area contributed by atoms with Crippen LogP contribution < -0.4 is 29.8 Å². The third-order valence-corrected chi connectivity index (χ3v) is 4.95. The molecule has 0 spiro atoms. The first-order valence-corrected chi connectivity index (χ1v) is 9.81. The van der Waals surface area contributed by atoms with Crippen LogP contribution in [-0.2, 0) is 6.54 Å². The van der Waals surface area contributed by atoms with Crippen LogP contribution in [0.4, 0.5) is 0 Å². The van der Waals surface area contributed by atoms with E-state index in [1.165, 1.54) is 34.5 Å². The van der Waals surface area contributed by atoms with Gasteiger partial charge in [-0.1, -0.05) is 0 Å². The molecule has 10 heteroatoms. The van der Waals surface area contributed by atoms with Crippen LogP contribution in [0.25, 0.3) is 11.3 Å². The average molecular weight is 442 g/mol. The number of benzene rings is 1. The molecule has 0 radical (unpaired) electrons. The van der Waals surface area contributed by atoms with E-state index in [9.17, 15) is 9.59 Å². The van der Waals surface area contributed by atoms with Gasteiger partial charge in [-0.05, 0) is 31.2 Å². The van der Waals surface area contributed by atoms with Gasteiger partial charge in [-0.25, -0.2) is 0 Å². The van der Waals surface area contributed by atoms with Crippen molar-refractivity contribution in [2.24, 2.45) is 0 Å². The fourth-order valence-electron chi connectivity index (χ4n) is 3.29. The molecule has 2 heterocycles. The van der Waals surface area contributed by atoms with E-state index in [-0.39, 0.29) is 23.7 Å². The molecule has 2 aromatic heterocycles. The van der Waals surface area contributed by atoms with Gasteiger partial charge in [0.25, 0.3) is 11.5 Å². The fraction of sp³-hybridized carbons (Fsp3) is 0.318. The maximum absolute atomic E-state index is 12.5. The molecule has 0 bridgehead atoms. The topological polar surface area (TPSA) is 117 Å². The molecule has 1 amide bonds. The fourth-order valence-corrected chi connectivity index (χ4v) is 3.29. The van der Waals surface area contributed by atoms with Crippen molar-refractivity contribution in [2.75, 3.05) is 35.0 Å². The number of aryl methyl sites for hydroxylation is 1. The quantitative estimate of drug-likeness (QED) is 0.521. The highest BCUT2D eigenvalue weighted by Crippen LogP contribution is 2.40. The lowest BCUT2D eigenvalue weighted by Gasteiger charge is -2.13. The van der Waals surface area contributed by atoms with Crippen LogP contribution in [0.5, 0.6) is 23.0 Å². The summed E-state index contributed by atoms with van der Waals surface area (Å²) in [6.07, 6.45) is 0. The van der Waals surface area contributed by atoms with Gasteiger partial charge in [0.05, 0.1) is 34.1 Å². The number of aromatic nitrogens is 3. The van der Waals surface area contributed by atoms with Gasteiger partial charge in [0.2, 0.25) is 5.75 Å². The maximum atomic E-state index is 12.5. The zero-order valence-corrected chi connectivity index (χ0v) is 18.6. The number of nitrogens with one attached hydrogen (secondary N) is 2. The van der Waals surface area contributed by atoms with E-state index in [1.54, 1.807) is 28.8 Å². The van der Waals surface area contributed by atoms with E-state index in [1.807, 2.05) is 6.92 Å². The average Bonchev–Trinajstić information content (AvgIpc) is 3.29. The normalized spacial score (nSPS) is 10.5. The van der Waals surface area contributed by atoms with Crippen molar-refractivity contribution in [1.82, 2.24) is 20.1 Å². The highest BCUT2D eigenvalue weighted by Gasteiger charge is 2.17. The summed E-state index contributed by atoms with van der Waals surface area (Å²) in [5, 5.41) is 9.74. The standard InChI is InChI=1S/C22H26N4O6/c1-13-8-15(29-2)11-20(27)26(13)7-6-23-22(28)17-12-16(24-25-17)14-9-18(30-3)21(32-5)19(10-14)31-4/h8-12H,6-7H2,1-5H3,(H,23,28)(H,24,25). The lowest BCUT2D eigenvalue weighted by molar-refractivity contribution is 0.0947. The first-order chi connectivity index (χ1) is 15.4. The number of methoxy groups -OCH3 is 4. The minimum atomic E-state index is -0.338. The molecule has 0 saturated heterocycles. The Hall–Kier alpha value is -3.95. The van der Waals surface area contributed by atoms with E-state index in [2.05, 4.69) is 15.5 Å². The summed E-state index contributed by atoms with van der Waals surface area (Å²) in [6, 6.07) is 8.30. The van der Waals surface area contributed by atoms with Gasteiger partial charge in [-0.2, -0.15) is 5.10 Å². The summed E-state index contributed by atoms with van der Waals surface area (Å²) in [5.74, 6) is 1.60. The molecular formula is C22H26N4O6. The summed E-state index contributed by atoms with van der Waals surface area (Å²) in [6.45, 7) is 2.41. The molecule has 2 N–H and O–H groups in total. The van der Waals surface area contributed by atoms with Gasteiger partial charge in [0, 0.05) is 30.4 Å².